The summed E-state index contributed by atoms with van der Waals surface area (Å²) in [6, 6.07) is 0.403. The molecule has 304 valence electrons. The normalized spacial score (nSPS) is 17.9. The molecule has 17 nitrogen and oxygen atoms in total. The Kier molecular flexibility index (Phi) is 30.0. The molecular formula is C34H64N4O13S. The standard InChI is InChI=1S/C34H64N4O13S/c1-35-31(39)6-8-42-10-12-44-14-16-46-18-20-48-22-24-50-26-27-51-25-23-49-21-19-47-17-15-45-13-11-43-9-7-36-32(40)5-3-2-4-30-33-29(28-52-30)37-34(41)38-33/h29-30,33H,2-28H2,1H3,(H,35,39)(H,36,40)(H2,37,38,41)/t29-,30-,33-/m0/s1. The molecule has 0 saturated carbocycles. The third-order valence-electron chi connectivity index (χ3n) is 7.75. The van der Waals surface area contributed by atoms with Crippen molar-refractivity contribution in [3.8, 4) is 0 Å². The molecule has 3 atom stereocenters. The molecular weight excluding hydrogens is 704 g/mol. The number of amides is 4. The minimum absolute atomic E-state index is 0.0399. The van der Waals surface area contributed by atoms with Crippen LogP contribution in [-0.2, 0) is 57.0 Å². The average Bonchev–Trinajstić information content (AvgIpc) is 3.70. The number of hydrogen-bond acceptors (Lipinski definition) is 14. The van der Waals surface area contributed by atoms with Gasteiger partial charge < -0.3 is 68.6 Å². The topological polar surface area (TPSA) is 192 Å². The first-order valence-electron chi connectivity index (χ1n) is 18.5. The number of fused-ring (bicyclic) bond motifs is 1. The predicted octanol–water partition coefficient (Wildman–Crippen LogP) is 0.131. The predicted molar refractivity (Wildman–Crippen MR) is 194 cm³/mol. The van der Waals surface area contributed by atoms with Crippen LogP contribution in [-0.4, -0.2) is 187 Å². The molecule has 4 N–H and O–H groups in total. The fourth-order valence-corrected chi connectivity index (χ4v) is 6.54. The van der Waals surface area contributed by atoms with Crippen molar-refractivity contribution < 1.29 is 61.8 Å². The molecule has 4 amide bonds. The van der Waals surface area contributed by atoms with Crippen LogP contribution < -0.4 is 21.3 Å². The maximum Gasteiger partial charge on any atom is 0.315 e. The van der Waals surface area contributed by atoms with Crippen LogP contribution in [0.1, 0.15) is 32.1 Å². The van der Waals surface area contributed by atoms with Crippen LogP contribution in [0.5, 0.6) is 0 Å². The Balaban J connectivity index is 1.15. The van der Waals surface area contributed by atoms with E-state index in [4.69, 9.17) is 47.4 Å². The van der Waals surface area contributed by atoms with Gasteiger partial charge in [0.15, 0.2) is 0 Å². The molecule has 2 rings (SSSR count). The van der Waals surface area contributed by atoms with Gasteiger partial charge in [0, 0.05) is 37.4 Å². The maximum absolute atomic E-state index is 12.0. The van der Waals surface area contributed by atoms with Crippen molar-refractivity contribution in [3.63, 3.8) is 0 Å². The summed E-state index contributed by atoms with van der Waals surface area (Å²) in [6.45, 7) is 9.93. The van der Waals surface area contributed by atoms with Crippen LogP contribution >= 0.6 is 11.8 Å². The Labute approximate surface area is 313 Å². The number of nitrogens with one attached hydrogen (secondary N) is 4. The smallest absolute Gasteiger partial charge is 0.315 e. The lowest BCUT2D eigenvalue weighted by Crippen LogP contribution is -2.36. The Morgan fingerprint density at radius 2 is 1.00 bits per heavy atom. The summed E-state index contributed by atoms with van der Waals surface area (Å²) in [5, 5.41) is 11.8. The van der Waals surface area contributed by atoms with E-state index in [1.54, 1.807) is 7.05 Å². The van der Waals surface area contributed by atoms with Crippen LogP contribution in [0.4, 0.5) is 4.79 Å². The van der Waals surface area contributed by atoms with Gasteiger partial charge in [-0.3, -0.25) is 9.59 Å². The maximum atomic E-state index is 12.0. The first-order chi connectivity index (χ1) is 25.6. The van der Waals surface area contributed by atoms with E-state index < -0.39 is 0 Å². The van der Waals surface area contributed by atoms with Crippen molar-refractivity contribution in [2.75, 3.05) is 151 Å². The number of unbranched alkanes of at least 4 members (excludes halogenated alkanes) is 1. The van der Waals surface area contributed by atoms with Gasteiger partial charge in [0.05, 0.1) is 144 Å². The number of carbonyl (C=O) groups is 3. The molecule has 2 saturated heterocycles. The van der Waals surface area contributed by atoms with Gasteiger partial charge in [-0.1, -0.05) is 6.42 Å². The van der Waals surface area contributed by atoms with Crippen molar-refractivity contribution in [2.45, 2.75) is 49.4 Å². The first-order valence-corrected chi connectivity index (χ1v) is 19.6. The molecule has 18 heteroatoms. The monoisotopic (exact) mass is 768 g/mol. The van der Waals surface area contributed by atoms with Gasteiger partial charge in [-0.25, -0.2) is 4.79 Å². The molecule has 0 aromatic heterocycles. The van der Waals surface area contributed by atoms with E-state index in [1.807, 2.05) is 11.8 Å². The number of thioether (sulfide) groups is 1. The molecule has 52 heavy (non-hydrogen) atoms. The van der Waals surface area contributed by atoms with Crippen molar-refractivity contribution >= 4 is 29.6 Å². The fraction of sp³-hybridized carbons (Fsp3) is 0.912. The summed E-state index contributed by atoms with van der Waals surface area (Å²) in [4.78, 5) is 34.5. The molecule has 0 aliphatic carbocycles. The summed E-state index contributed by atoms with van der Waals surface area (Å²) in [5.74, 6) is 0.959. The second-order valence-corrected chi connectivity index (χ2v) is 13.0. The van der Waals surface area contributed by atoms with Crippen LogP contribution in [0.3, 0.4) is 0 Å². The lowest BCUT2D eigenvalue weighted by molar-refractivity contribution is -0.122. The van der Waals surface area contributed by atoms with E-state index in [0.29, 0.717) is 157 Å². The highest BCUT2D eigenvalue weighted by Crippen LogP contribution is 2.33. The molecule has 0 spiro atoms. The van der Waals surface area contributed by atoms with Gasteiger partial charge in [-0.2, -0.15) is 11.8 Å². The number of hydrogen-bond donors (Lipinski definition) is 4. The van der Waals surface area contributed by atoms with Crippen LogP contribution in [0.2, 0.25) is 0 Å². The number of carbonyl (C=O) groups excluding carboxylic acids is 3. The largest absolute Gasteiger partial charge is 0.379 e. The van der Waals surface area contributed by atoms with E-state index in [1.165, 1.54) is 0 Å². The van der Waals surface area contributed by atoms with Crippen LogP contribution in [0, 0.1) is 0 Å². The van der Waals surface area contributed by atoms with Crippen molar-refractivity contribution in [2.24, 2.45) is 0 Å². The Bertz CT molecular complexity index is 898. The Hall–Kier alpha value is -1.84. The summed E-state index contributed by atoms with van der Waals surface area (Å²) in [5.41, 5.74) is 0. The van der Waals surface area contributed by atoms with E-state index in [9.17, 15) is 14.4 Å². The molecule has 2 aliphatic heterocycles. The van der Waals surface area contributed by atoms with Crippen molar-refractivity contribution in [1.29, 1.82) is 0 Å². The van der Waals surface area contributed by atoms with E-state index in [0.717, 1.165) is 25.0 Å². The Morgan fingerprint density at radius 1 is 0.577 bits per heavy atom. The molecule has 0 bridgehead atoms. The van der Waals surface area contributed by atoms with Gasteiger partial charge >= 0.3 is 6.03 Å². The average molecular weight is 769 g/mol. The highest BCUT2D eigenvalue weighted by Gasteiger charge is 2.42. The highest BCUT2D eigenvalue weighted by atomic mass is 32.2. The zero-order valence-corrected chi connectivity index (χ0v) is 31.9. The van der Waals surface area contributed by atoms with Gasteiger partial charge in [0.2, 0.25) is 11.8 Å². The molecule has 0 unspecified atom stereocenters. The minimum Gasteiger partial charge on any atom is -0.379 e. The first kappa shape index (κ1) is 46.3. The van der Waals surface area contributed by atoms with Gasteiger partial charge in [0.25, 0.3) is 0 Å². The third kappa shape index (κ3) is 26.0. The second kappa shape index (κ2) is 33.7. The summed E-state index contributed by atoms with van der Waals surface area (Å²) >= 11 is 1.90. The zero-order chi connectivity index (χ0) is 37.2. The number of ether oxygens (including phenoxy) is 10. The van der Waals surface area contributed by atoms with Crippen molar-refractivity contribution in [3.05, 3.63) is 0 Å². The van der Waals surface area contributed by atoms with E-state index in [2.05, 4.69) is 21.3 Å². The van der Waals surface area contributed by atoms with Crippen molar-refractivity contribution in [1.82, 2.24) is 21.3 Å². The minimum atomic E-state index is -0.0620. The van der Waals surface area contributed by atoms with E-state index in [-0.39, 0.29) is 29.9 Å². The highest BCUT2D eigenvalue weighted by molar-refractivity contribution is 8.00. The summed E-state index contributed by atoms with van der Waals surface area (Å²) in [7, 11) is 1.60. The molecule has 2 aliphatic rings. The van der Waals surface area contributed by atoms with Gasteiger partial charge in [-0.05, 0) is 12.8 Å². The number of rotatable bonds is 38. The zero-order valence-electron chi connectivity index (χ0n) is 31.0. The summed E-state index contributed by atoms with van der Waals surface area (Å²) in [6.07, 6.45) is 3.68. The lowest BCUT2D eigenvalue weighted by atomic mass is 10.0. The molecule has 2 heterocycles. The molecule has 0 aromatic rings. The third-order valence-corrected chi connectivity index (χ3v) is 9.26. The fourth-order valence-electron chi connectivity index (χ4n) is 5.00. The SMILES string of the molecule is CNC(=O)CCOCCOCCOCCOCCOCCOCCOCCOCCOCCOCCNC(=O)CCCC[C@@H]1SC[C@@H]2NC(=O)N[C@@H]21. The second-order valence-electron chi connectivity index (χ2n) is 11.8. The molecule has 0 radical (unpaired) electrons. The molecule has 2 fully saturated rings. The Morgan fingerprint density at radius 3 is 1.44 bits per heavy atom. The van der Waals surface area contributed by atoms with E-state index >= 15 is 0 Å². The van der Waals surface area contributed by atoms with Gasteiger partial charge in [0.1, 0.15) is 0 Å². The summed E-state index contributed by atoms with van der Waals surface area (Å²) < 4.78 is 54.5. The lowest BCUT2D eigenvalue weighted by Gasteiger charge is -2.16. The molecule has 0 aromatic carbocycles. The van der Waals surface area contributed by atoms with Crippen LogP contribution in [0.25, 0.3) is 0 Å². The number of urea groups is 1. The quantitative estimate of drug-likeness (QED) is 0.0490. The van der Waals surface area contributed by atoms with Crippen LogP contribution in [0.15, 0.2) is 0 Å². The van der Waals surface area contributed by atoms with Gasteiger partial charge in [-0.15, -0.1) is 0 Å².